The van der Waals surface area contributed by atoms with E-state index in [9.17, 15) is 4.39 Å². The Hall–Kier alpha value is -4.11. The van der Waals surface area contributed by atoms with Crippen LogP contribution in [0.4, 0.5) is 20.3 Å². The number of nitrogens with two attached hydrogens (primary N) is 1. The first kappa shape index (κ1) is 22.4. The number of ether oxygens (including phenoxy) is 1. The van der Waals surface area contributed by atoms with Gasteiger partial charge in [0, 0.05) is 31.7 Å². The number of aromatic nitrogens is 5. The number of rotatable bonds is 5. The molecule has 4 aromatic rings. The summed E-state index contributed by atoms with van der Waals surface area (Å²) in [5.41, 5.74) is 7.36. The van der Waals surface area contributed by atoms with Crippen molar-refractivity contribution in [3.63, 3.8) is 0 Å². The molecule has 4 atom stereocenters. The second-order valence-electron chi connectivity index (χ2n) is 9.33. The zero-order chi connectivity index (χ0) is 25.1. The Morgan fingerprint density at radius 1 is 1.25 bits per heavy atom. The Morgan fingerprint density at radius 3 is 2.67 bits per heavy atom. The summed E-state index contributed by atoms with van der Waals surface area (Å²) in [6, 6.07) is 3.44. The maximum atomic E-state index is 15.2. The van der Waals surface area contributed by atoms with E-state index in [1.165, 1.54) is 12.4 Å². The summed E-state index contributed by atoms with van der Waals surface area (Å²) >= 11 is 0. The topological polar surface area (TPSA) is 142 Å². The number of fused-ring (bicyclic) bond motifs is 5. The van der Waals surface area contributed by atoms with Crippen molar-refractivity contribution in [1.29, 1.82) is 5.26 Å². The summed E-state index contributed by atoms with van der Waals surface area (Å²) in [5, 5.41) is 12.5. The highest BCUT2D eigenvalue weighted by Gasteiger charge is 2.44. The number of nitriles is 1. The molecule has 10 nitrogen and oxygen atoms in total. The Bertz CT molecular complexity index is 1530. The smallest absolute Gasteiger partial charge is 0.326 e. The van der Waals surface area contributed by atoms with E-state index in [2.05, 4.69) is 41.2 Å². The predicted molar refractivity (Wildman–Crippen MR) is 129 cm³/mol. The maximum absolute atomic E-state index is 15.2. The minimum Gasteiger partial charge on any atom is -0.421 e. The lowest BCUT2D eigenvalue weighted by Crippen LogP contribution is -2.41. The molecule has 2 bridgehead atoms. The van der Waals surface area contributed by atoms with Crippen molar-refractivity contribution in [2.24, 2.45) is 11.7 Å². The third-order valence-corrected chi connectivity index (χ3v) is 7.16. The number of nitrogens with one attached hydrogen (secondary N) is 2. The van der Waals surface area contributed by atoms with Gasteiger partial charge in [-0.2, -0.15) is 15.2 Å². The van der Waals surface area contributed by atoms with Gasteiger partial charge >= 0.3 is 6.01 Å². The fraction of sp³-hybridized carbons (Fsp3) is 0.375. The molecule has 2 fully saturated rings. The van der Waals surface area contributed by atoms with Gasteiger partial charge in [0.25, 0.3) is 0 Å². The number of aromatic amines is 1. The monoisotopic (exact) mass is 491 g/mol. The van der Waals surface area contributed by atoms with Crippen molar-refractivity contribution in [2.75, 3.05) is 23.8 Å². The van der Waals surface area contributed by atoms with Gasteiger partial charge in [-0.05, 0) is 25.7 Å². The van der Waals surface area contributed by atoms with Gasteiger partial charge in [0.05, 0.1) is 40.4 Å². The predicted octanol–water partition coefficient (Wildman–Crippen LogP) is 3.57. The molecule has 4 N–H and O–H groups in total. The molecule has 184 valence electrons. The zero-order valence-corrected chi connectivity index (χ0v) is 19.6. The third kappa shape index (κ3) is 3.38. The Kier molecular flexibility index (Phi) is 5.11. The summed E-state index contributed by atoms with van der Waals surface area (Å²) in [6.45, 7) is 2.36. The van der Waals surface area contributed by atoms with E-state index in [0.717, 1.165) is 18.9 Å². The second kappa shape index (κ2) is 8.23. The van der Waals surface area contributed by atoms with E-state index in [1.807, 2.05) is 0 Å². The molecule has 1 aliphatic heterocycles. The molecule has 4 heterocycles. The zero-order valence-electron chi connectivity index (χ0n) is 19.6. The summed E-state index contributed by atoms with van der Waals surface area (Å²) in [4.78, 5) is 22.7. The van der Waals surface area contributed by atoms with Gasteiger partial charge in [-0.15, -0.1) is 0 Å². The molecule has 3 aromatic heterocycles. The summed E-state index contributed by atoms with van der Waals surface area (Å²) < 4.78 is 35.6. The van der Waals surface area contributed by atoms with E-state index < -0.39 is 17.6 Å². The van der Waals surface area contributed by atoms with Crippen LogP contribution >= 0.6 is 0 Å². The van der Waals surface area contributed by atoms with Gasteiger partial charge in [-0.25, -0.2) is 18.7 Å². The van der Waals surface area contributed by atoms with Crippen LogP contribution in [0.1, 0.15) is 31.5 Å². The van der Waals surface area contributed by atoms with Gasteiger partial charge in [-0.3, -0.25) is 0 Å². The quantitative estimate of drug-likeness (QED) is 0.382. The Balaban J connectivity index is 1.51. The highest BCUT2D eigenvalue weighted by atomic mass is 19.2. The molecule has 0 radical (unpaired) electrons. The molecule has 1 unspecified atom stereocenters. The maximum Gasteiger partial charge on any atom is 0.326 e. The van der Waals surface area contributed by atoms with Crippen molar-refractivity contribution >= 4 is 33.4 Å². The van der Waals surface area contributed by atoms with Crippen LogP contribution in [-0.4, -0.2) is 50.6 Å². The van der Waals surface area contributed by atoms with Crippen molar-refractivity contribution in [3.05, 3.63) is 35.9 Å². The van der Waals surface area contributed by atoms with Crippen LogP contribution in [0.5, 0.6) is 11.8 Å². The minimum atomic E-state index is -0.967. The molecule has 1 saturated heterocycles. The van der Waals surface area contributed by atoms with Crippen molar-refractivity contribution < 1.29 is 13.5 Å². The largest absolute Gasteiger partial charge is 0.421 e. The van der Waals surface area contributed by atoms with Crippen LogP contribution in [0.3, 0.4) is 0 Å². The number of piperidine rings is 1. The number of hydrogen-bond donors (Lipinski definition) is 3. The molecular weight excluding hydrogens is 468 g/mol. The Labute approximate surface area is 204 Å². The van der Waals surface area contributed by atoms with Crippen LogP contribution in [0.2, 0.25) is 0 Å². The molecule has 2 aliphatic rings. The number of benzene rings is 1. The fourth-order valence-electron chi connectivity index (χ4n) is 5.33. The third-order valence-electron chi connectivity index (χ3n) is 7.16. The van der Waals surface area contributed by atoms with Crippen molar-refractivity contribution in [1.82, 2.24) is 24.9 Å². The molecule has 1 aromatic carbocycles. The molecular formula is C24H23F2N9O. The SMILES string of the molecule is CNc1cc(F)c(F)c2c1[nH]c1nc(Oc3cnc(C(C)C#N)nc3)nc(N3C[C@H]4C[C@@H]3C[C@H]4N)c12. The van der Waals surface area contributed by atoms with Gasteiger partial charge < -0.3 is 25.7 Å². The van der Waals surface area contributed by atoms with E-state index in [1.54, 1.807) is 14.0 Å². The number of H-pyrrole nitrogens is 1. The minimum absolute atomic E-state index is 0.00713. The van der Waals surface area contributed by atoms with Crippen LogP contribution in [0.15, 0.2) is 18.5 Å². The molecule has 0 amide bonds. The highest BCUT2D eigenvalue weighted by molar-refractivity contribution is 6.15. The summed E-state index contributed by atoms with van der Waals surface area (Å²) in [6.07, 6.45) is 4.59. The number of nitrogens with zero attached hydrogens (tertiary/aromatic N) is 6. The molecule has 1 aliphatic carbocycles. The molecule has 1 saturated carbocycles. The van der Waals surface area contributed by atoms with Crippen molar-refractivity contribution in [3.8, 4) is 17.8 Å². The van der Waals surface area contributed by atoms with E-state index in [4.69, 9.17) is 15.7 Å². The van der Waals surface area contributed by atoms with Gasteiger partial charge in [-0.1, -0.05) is 0 Å². The van der Waals surface area contributed by atoms with Crippen LogP contribution in [-0.2, 0) is 0 Å². The number of anilines is 2. The van der Waals surface area contributed by atoms with Crippen LogP contribution in [0, 0.1) is 28.9 Å². The molecule has 12 heteroatoms. The average molecular weight is 492 g/mol. The van der Waals surface area contributed by atoms with Gasteiger partial charge in [0.15, 0.2) is 17.4 Å². The normalized spacial score (nSPS) is 21.8. The first-order valence-electron chi connectivity index (χ1n) is 11.7. The molecule has 36 heavy (non-hydrogen) atoms. The van der Waals surface area contributed by atoms with Crippen molar-refractivity contribution in [2.45, 2.75) is 37.8 Å². The summed E-state index contributed by atoms with van der Waals surface area (Å²) in [7, 11) is 1.64. The van der Waals surface area contributed by atoms with E-state index in [-0.39, 0.29) is 29.2 Å². The van der Waals surface area contributed by atoms with Gasteiger partial charge in [0.1, 0.15) is 23.2 Å². The van der Waals surface area contributed by atoms with Crippen LogP contribution in [0.25, 0.3) is 21.9 Å². The number of halogens is 2. The Morgan fingerprint density at radius 2 is 2.03 bits per heavy atom. The molecule has 6 rings (SSSR count). The lowest BCUT2D eigenvalue weighted by atomic mass is 10.0. The summed E-state index contributed by atoms with van der Waals surface area (Å²) in [5.74, 6) is -0.978. The standard InChI is InChI=1S/C24H23F2N9O/c1-10(6-27)21-30-7-13(8-31-21)36-24-33-22-18(17-19(26)14(25)5-16(29-2)20(17)32-22)23(34-24)35-9-11-3-12(35)4-15(11)28/h5,7-8,10-12,15,29H,3-4,9,28H2,1-2H3,(H,32,33,34)/t10?,11-,12-,15-/m1/s1. The average Bonchev–Trinajstić information content (AvgIpc) is 3.58. The lowest BCUT2D eigenvalue weighted by molar-refractivity contribution is 0.435. The highest BCUT2D eigenvalue weighted by Crippen LogP contribution is 2.44. The molecule has 0 spiro atoms. The second-order valence-corrected chi connectivity index (χ2v) is 9.33. The van der Waals surface area contributed by atoms with E-state index in [0.29, 0.717) is 46.3 Å². The first-order valence-corrected chi connectivity index (χ1v) is 11.7. The first-order chi connectivity index (χ1) is 17.4. The van der Waals surface area contributed by atoms with E-state index >= 15 is 4.39 Å². The van der Waals surface area contributed by atoms with Gasteiger partial charge in [0.2, 0.25) is 0 Å². The fourth-order valence-corrected chi connectivity index (χ4v) is 5.33. The lowest BCUT2D eigenvalue weighted by Gasteiger charge is -2.31. The van der Waals surface area contributed by atoms with Crippen LogP contribution < -0.4 is 20.7 Å². The number of hydrogen-bond acceptors (Lipinski definition) is 9.